The van der Waals surface area contributed by atoms with E-state index in [4.69, 9.17) is 0 Å². The van der Waals surface area contributed by atoms with Gasteiger partial charge < -0.3 is 0 Å². The maximum atomic E-state index is 16.0. The number of halogens is 8. The first-order valence-corrected chi connectivity index (χ1v) is 8.75. The Kier molecular flexibility index (Phi) is 4.42. The van der Waals surface area contributed by atoms with Gasteiger partial charge in [-0.15, -0.1) is 0 Å². The van der Waals surface area contributed by atoms with E-state index in [0.29, 0.717) is 24.3 Å². The van der Waals surface area contributed by atoms with Crippen molar-refractivity contribution in [3.05, 3.63) is 60.7 Å². The standard InChI is InChI=1S/C15H11F8P/c16-13(17)24(23,11-7-3-1-4-8-11,12-9-5-2-6-10-12)15(21,22)14(18,19)20/h1-10,13H. The molecule has 0 saturated carbocycles. The Balaban J connectivity index is 3.04. The molecule has 0 nitrogen and oxygen atoms in total. The van der Waals surface area contributed by atoms with Gasteiger partial charge in [0.1, 0.15) is 0 Å². The summed E-state index contributed by atoms with van der Waals surface area (Å²) in [6.45, 7) is -7.79. The molecule has 2 aromatic carbocycles. The summed E-state index contributed by atoms with van der Waals surface area (Å²) in [6.07, 6.45) is -11.1. The average Bonchev–Trinajstić information content (AvgIpc) is 2.54. The van der Waals surface area contributed by atoms with Crippen molar-refractivity contribution in [3.63, 3.8) is 0 Å². The van der Waals surface area contributed by atoms with Crippen LogP contribution in [0, 0.1) is 0 Å². The van der Waals surface area contributed by atoms with E-state index in [1.807, 2.05) is 0 Å². The molecule has 9 heteroatoms. The quantitative estimate of drug-likeness (QED) is 0.493. The van der Waals surface area contributed by atoms with Crippen LogP contribution in [0.15, 0.2) is 60.7 Å². The average molecular weight is 374 g/mol. The first kappa shape index (κ1) is 18.6. The van der Waals surface area contributed by atoms with Gasteiger partial charge in [0.05, 0.1) is 0 Å². The molecular weight excluding hydrogens is 363 g/mol. The molecule has 0 atom stereocenters. The zero-order valence-corrected chi connectivity index (χ0v) is 12.7. The summed E-state index contributed by atoms with van der Waals surface area (Å²) in [7, 11) is 0. The topological polar surface area (TPSA) is 0 Å². The van der Waals surface area contributed by atoms with E-state index in [1.165, 1.54) is 12.1 Å². The SMILES string of the molecule is FC(F)P(F)(c1ccccc1)(c1ccccc1)C(F)(F)C(F)(F)F. The fourth-order valence-corrected chi connectivity index (χ4v) is 6.16. The summed E-state index contributed by atoms with van der Waals surface area (Å²) in [5.74, 6) is 0. The van der Waals surface area contributed by atoms with Crippen LogP contribution in [0.1, 0.15) is 0 Å². The third-order valence-electron chi connectivity index (χ3n) is 3.78. The van der Waals surface area contributed by atoms with Crippen molar-refractivity contribution < 1.29 is 34.9 Å². The summed E-state index contributed by atoms with van der Waals surface area (Å²) in [5.41, 5.74) is -6.27. The van der Waals surface area contributed by atoms with Gasteiger partial charge in [0.2, 0.25) is 0 Å². The van der Waals surface area contributed by atoms with Crippen molar-refractivity contribution in [2.75, 3.05) is 0 Å². The van der Waals surface area contributed by atoms with Gasteiger partial charge in [-0.3, -0.25) is 0 Å². The van der Waals surface area contributed by atoms with E-state index < -0.39 is 35.5 Å². The van der Waals surface area contributed by atoms with Crippen molar-refractivity contribution in [2.24, 2.45) is 0 Å². The third-order valence-corrected chi connectivity index (χ3v) is 8.48. The Morgan fingerprint density at radius 1 is 0.667 bits per heavy atom. The van der Waals surface area contributed by atoms with Gasteiger partial charge in [0.25, 0.3) is 0 Å². The Labute approximate surface area is 132 Å². The fourth-order valence-electron chi connectivity index (χ4n) is 2.51. The molecule has 2 rings (SSSR count). The second kappa shape index (κ2) is 5.69. The van der Waals surface area contributed by atoms with Crippen LogP contribution < -0.4 is 10.6 Å². The fraction of sp³-hybridized carbons (Fsp3) is 0.200. The second-order valence-corrected chi connectivity index (χ2v) is 9.19. The first-order chi connectivity index (χ1) is 11.0. The molecule has 2 aromatic rings. The van der Waals surface area contributed by atoms with Crippen LogP contribution >= 0.6 is 6.91 Å². The predicted octanol–water partition coefficient (Wildman–Crippen LogP) is 5.45. The van der Waals surface area contributed by atoms with Crippen LogP contribution in [0.2, 0.25) is 0 Å². The van der Waals surface area contributed by atoms with Gasteiger partial charge in [-0.25, -0.2) is 0 Å². The minimum absolute atomic E-state index is 0.538. The monoisotopic (exact) mass is 374 g/mol. The van der Waals surface area contributed by atoms with Crippen LogP contribution in [0.3, 0.4) is 0 Å². The zero-order chi connectivity index (χ0) is 18.3. The normalized spacial score (nSPS) is 15.1. The number of hydrogen-bond acceptors (Lipinski definition) is 0. The van der Waals surface area contributed by atoms with Crippen molar-refractivity contribution in [3.8, 4) is 0 Å². The molecule has 0 saturated heterocycles. The molecule has 24 heavy (non-hydrogen) atoms. The minimum atomic E-state index is -7.79. The van der Waals surface area contributed by atoms with Gasteiger partial charge in [0.15, 0.2) is 0 Å². The van der Waals surface area contributed by atoms with E-state index >= 15 is 4.20 Å². The van der Waals surface area contributed by atoms with Crippen LogP contribution in [-0.4, -0.2) is 18.0 Å². The van der Waals surface area contributed by atoms with Crippen molar-refractivity contribution >= 4 is 17.5 Å². The molecule has 0 radical (unpaired) electrons. The number of benzene rings is 2. The van der Waals surface area contributed by atoms with Gasteiger partial charge in [-0.1, -0.05) is 0 Å². The third kappa shape index (κ3) is 2.15. The molecule has 0 heterocycles. The van der Waals surface area contributed by atoms with Crippen LogP contribution in [0.5, 0.6) is 0 Å². The second-order valence-electron chi connectivity index (χ2n) is 5.06. The van der Waals surface area contributed by atoms with Gasteiger partial charge in [0, 0.05) is 0 Å². The molecule has 0 aliphatic carbocycles. The van der Waals surface area contributed by atoms with Gasteiger partial charge >= 0.3 is 131 Å². The molecule has 0 bridgehead atoms. The number of rotatable bonds is 4. The molecular formula is C15H11F8P. The van der Waals surface area contributed by atoms with Gasteiger partial charge in [-0.2, -0.15) is 0 Å². The van der Waals surface area contributed by atoms with E-state index in [-0.39, 0.29) is 0 Å². The Morgan fingerprint density at radius 2 is 1.00 bits per heavy atom. The van der Waals surface area contributed by atoms with E-state index in [1.54, 1.807) is 0 Å². The summed E-state index contributed by atoms with van der Waals surface area (Å²) in [4.78, 5) is 0. The number of hydrogen-bond donors (Lipinski definition) is 0. The van der Waals surface area contributed by atoms with Crippen LogP contribution in [0.4, 0.5) is 34.9 Å². The van der Waals surface area contributed by atoms with Crippen molar-refractivity contribution in [2.45, 2.75) is 18.0 Å². The van der Waals surface area contributed by atoms with E-state index in [0.717, 1.165) is 24.3 Å². The molecule has 0 aromatic heterocycles. The molecule has 0 amide bonds. The molecule has 0 aliphatic heterocycles. The zero-order valence-electron chi connectivity index (χ0n) is 11.8. The molecule has 0 spiro atoms. The first-order valence-electron chi connectivity index (χ1n) is 6.55. The van der Waals surface area contributed by atoms with Crippen molar-refractivity contribution in [1.29, 1.82) is 0 Å². The van der Waals surface area contributed by atoms with E-state index in [2.05, 4.69) is 0 Å². The Morgan fingerprint density at radius 3 is 1.25 bits per heavy atom. The summed E-state index contributed by atoms with van der Waals surface area (Å²) >= 11 is 0. The van der Waals surface area contributed by atoms with Crippen molar-refractivity contribution in [1.82, 2.24) is 0 Å². The molecule has 0 unspecified atom stereocenters. The van der Waals surface area contributed by atoms with E-state index in [9.17, 15) is 30.7 Å². The molecule has 0 aliphatic rings. The predicted molar refractivity (Wildman–Crippen MR) is 77.2 cm³/mol. The molecule has 0 fully saturated rings. The number of alkyl halides is 7. The van der Waals surface area contributed by atoms with Gasteiger partial charge in [-0.05, 0) is 0 Å². The summed E-state index contributed by atoms with van der Waals surface area (Å²) in [6, 6.07) is 8.31. The maximum absolute atomic E-state index is 16.0. The molecule has 132 valence electrons. The summed E-state index contributed by atoms with van der Waals surface area (Å²) in [5, 5.41) is -2.71. The van der Waals surface area contributed by atoms with Crippen LogP contribution in [0.25, 0.3) is 0 Å². The van der Waals surface area contributed by atoms with Crippen LogP contribution in [-0.2, 0) is 0 Å². The Bertz CT molecular complexity index is 657. The summed E-state index contributed by atoms with van der Waals surface area (Å²) < 4.78 is 111. The Hall–Kier alpha value is -1.69. The molecule has 0 N–H and O–H groups in total.